The van der Waals surface area contributed by atoms with E-state index >= 15 is 0 Å². The number of carboxylic acid groups (broad SMARTS) is 1. The predicted molar refractivity (Wildman–Crippen MR) is 41.3 cm³/mol. The van der Waals surface area contributed by atoms with Crippen molar-refractivity contribution in [1.82, 2.24) is 9.81 Å². The molecule has 3 N–H and O–H groups in total. The Morgan fingerprint density at radius 1 is 1.77 bits per heavy atom. The third kappa shape index (κ3) is 2.24. The molecule has 0 radical (unpaired) electrons. The Kier molecular flexibility index (Phi) is 2.94. The van der Waals surface area contributed by atoms with Crippen LogP contribution in [0.25, 0.3) is 0 Å². The van der Waals surface area contributed by atoms with E-state index in [-0.39, 0.29) is 19.1 Å². The summed E-state index contributed by atoms with van der Waals surface area (Å²) in [5, 5.41) is 21.3. The van der Waals surface area contributed by atoms with Gasteiger partial charge < -0.3 is 15.1 Å². The number of hydrogen-bond acceptors (Lipinski definition) is 4. The molecular weight excluding hydrogens is 176 g/mol. The highest BCUT2D eigenvalue weighted by atomic mass is 16.4. The van der Waals surface area contributed by atoms with Crippen LogP contribution in [0.15, 0.2) is 5.11 Å². The van der Waals surface area contributed by atoms with Gasteiger partial charge in [-0.05, 0) is 6.42 Å². The van der Waals surface area contributed by atoms with Crippen LogP contribution in [-0.4, -0.2) is 46.4 Å². The molecule has 2 atom stereocenters. The molecule has 1 fully saturated rings. The fourth-order valence-electron chi connectivity index (χ4n) is 1.43. The summed E-state index contributed by atoms with van der Waals surface area (Å²) in [6.45, 7) is 0.264. The van der Waals surface area contributed by atoms with E-state index in [2.05, 4.69) is 10.0 Å². The number of nitrogens with one attached hydrogen (secondary N) is 1. The summed E-state index contributed by atoms with van der Waals surface area (Å²) in [5.41, 5.74) is 6.42. The summed E-state index contributed by atoms with van der Waals surface area (Å²) in [5.74, 6) is 0. The molecular formula is C6H11N4O3+. The third-order valence-electron chi connectivity index (χ3n) is 2.00. The van der Waals surface area contributed by atoms with Gasteiger partial charge in [-0.1, -0.05) is 0 Å². The number of likely N-dealkylation sites (tertiary alicyclic amines) is 1. The molecule has 0 unspecified atom stereocenters. The van der Waals surface area contributed by atoms with E-state index in [1.807, 2.05) is 0 Å². The molecule has 7 heteroatoms. The van der Waals surface area contributed by atoms with Crippen LogP contribution in [0.2, 0.25) is 0 Å². The Hall–Kier alpha value is -1.46. The van der Waals surface area contributed by atoms with Crippen molar-refractivity contribution in [3.63, 3.8) is 0 Å². The molecule has 1 amide bonds. The van der Waals surface area contributed by atoms with Gasteiger partial charge in [0.2, 0.25) is 4.91 Å². The second-order valence-corrected chi connectivity index (χ2v) is 2.90. The molecule has 1 aliphatic heterocycles. The van der Waals surface area contributed by atoms with Gasteiger partial charge in [-0.3, -0.25) is 0 Å². The SMILES string of the molecule is N=[N+]=NC[C@@H]1C[C@@H](O)CN1C(=O)O. The van der Waals surface area contributed by atoms with Crippen LogP contribution in [0.1, 0.15) is 6.42 Å². The Labute approximate surface area is 74.2 Å². The molecule has 0 aromatic rings. The van der Waals surface area contributed by atoms with Crippen LogP contribution in [0.5, 0.6) is 0 Å². The second kappa shape index (κ2) is 3.97. The topological polar surface area (TPSA) is 111 Å². The number of nitrogens with zero attached hydrogens (tertiary/aromatic N) is 3. The Bertz CT molecular complexity index is 250. The third-order valence-corrected chi connectivity index (χ3v) is 2.00. The number of amides is 1. The van der Waals surface area contributed by atoms with Crippen molar-refractivity contribution < 1.29 is 15.0 Å². The summed E-state index contributed by atoms with van der Waals surface area (Å²) < 4.78 is 0. The van der Waals surface area contributed by atoms with Gasteiger partial charge in [-0.15, -0.1) is 0 Å². The lowest BCUT2D eigenvalue weighted by Gasteiger charge is -2.16. The standard InChI is InChI=1S/C6H10N4O3/c7-9-8-2-4-1-5(11)3-10(4)6(12)13/h4-5,7,11H,1-3H2/p+1/t4-,5+/m0/s1. The van der Waals surface area contributed by atoms with Gasteiger partial charge in [0.05, 0.1) is 18.7 Å². The largest absolute Gasteiger partial charge is 0.465 e. The fourth-order valence-corrected chi connectivity index (χ4v) is 1.43. The van der Waals surface area contributed by atoms with E-state index in [9.17, 15) is 9.90 Å². The summed E-state index contributed by atoms with van der Waals surface area (Å²) in [6.07, 6.45) is -1.32. The lowest BCUT2D eigenvalue weighted by molar-refractivity contribution is 0.132. The highest BCUT2D eigenvalue weighted by Gasteiger charge is 2.34. The minimum absolute atomic E-state index is 0.119. The van der Waals surface area contributed by atoms with E-state index in [4.69, 9.17) is 10.6 Å². The van der Waals surface area contributed by atoms with Gasteiger partial charge >= 0.3 is 6.09 Å². The average Bonchev–Trinajstić information content (AvgIpc) is 2.43. The van der Waals surface area contributed by atoms with Crippen LogP contribution >= 0.6 is 0 Å². The van der Waals surface area contributed by atoms with Crippen molar-refractivity contribution in [2.45, 2.75) is 18.6 Å². The minimum Gasteiger partial charge on any atom is -0.465 e. The number of rotatable bonds is 2. The zero-order chi connectivity index (χ0) is 9.84. The number of aliphatic hydroxyl groups is 1. The average molecular weight is 187 g/mol. The van der Waals surface area contributed by atoms with E-state index in [0.29, 0.717) is 6.42 Å². The smallest absolute Gasteiger partial charge is 0.407 e. The van der Waals surface area contributed by atoms with Gasteiger partial charge in [-0.2, -0.15) is 0 Å². The molecule has 0 spiro atoms. The first-order valence-corrected chi connectivity index (χ1v) is 3.86. The quantitative estimate of drug-likeness (QED) is 0.405. The fraction of sp³-hybridized carbons (Fsp3) is 0.833. The van der Waals surface area contributed by atoms with Crippen LogP contribution < -0.4 is 4.91 Å². The molecule has 1 aliphatic rings. The monoisotopic (exact) mass is 187 g/mol. The first-order valence-electron chi connectivity index (χ1n) is 3.86. The first-order chi connectivity index (χ1) is 6.15. The lowest BCUT2D eigenvalue weighted by atomic mass is 10.2. The molecule has 0 aliphatic carbocycles. The van der Waals surface area contributed by atoms with Crippen molar-refractivity contribution in [2.75, 3.05) is 13.1 Å². The van der Waals surface area contributed by atoms with Gasteiger partial charge in [-0.25, -0.2) is 4.79 Å². The van der Waals surface area contributed by atoms with Crippen molar-refractivity contribution in [2.24, 2.45) is 5.11 Å². The molecule has 0 saturated carbocycles. The Morgan fingerprint density at radius 2 is 2.46 bits per heavy atom. The Balaban J connectivity index is 2.60. The summed E-state index contributed by atoms with van der Waals surface area (Å²) in [6, 6.07) is -0.346. The van der Waals surface area contributed by atoms with E-state index in [1.165, 1.54) is 0 Å². The highest BCUT2D eigenvalue weighted by Crippen LogP contribution is 2.17. The number of carbonyl (C=O) groups is 1. The van der Waals surface area contributed by atoms with Crippen molar-refractivity contribution >= 4 is 6.09 Å². The lowest BCUT2D eigenvalue weighted by Crippen LogP contribution is -2.36. The number of hydrogen-bond donors (Lipinski definition) is 3. The molecule has 13 heavy (non-hydrogen) atoms. The Morgan fingerprint density at radius 3 is 3.00 bits per heavy atom. The molecule has 1 rings (SSSR count). The van der Waals surface area contributed by atoms with Crippen molar-refractivity contribution in [3.05, 3.63) is 0 Å². The molecule has 0 aromatic heterocycles. The predicted octanol–water partition coefficient (Wildman–Crippen LogP) is -0.350. The second-order valence-electron chi connectivity index (χ2n) is 2.90. The molecule has 72 valence electrons. The van der Waals surface area contributed by atoms with Crippen molar-refractivity contribution in [1.29, 1.82) is 5.53 Å². The molecule has 7 nitrogen and oxygen atoms in total. The van der Waals surface area contributed by atoms with Gasteiger partial charge in [0.15, 0.2) is 0 Å². The molecule has 1 saturated heterocycles. The maximum Gasteiger partial charge on any atom is 0.407 e. The normalized spacial score (nSPS) is 27.0. The van der Waals surface area contributed by atoms with Crippen LogP contribution in [0, 0.1) is 5.53 Å². The van der Waals surface area contributed by atoms with Crippen molar-refractivity contribution in [3.8, 4) is 0 Å². The van der Waals surface area contributed by atoms with E-state index in [1.54, 1.807) is 0 Å². The zero-order valence-electron chi connectivity index (χ0n) is 6.92. The maximum atomic E-state index is 10.6. The minimum atomic E-state index is -1.07. The molecule has 1 heterocycles. The summed E-state index contributed by atoms with van der Waals surface area (Å²) >= 11 is 0. The zero-order valence-corrected chi connectivity index (χ0v) is 6.92. The highest BCUT2D eigenvalue weighted by molar-refractivity contribution is 5.66. The van der Waals surface area contributed by atoms with Crippen LogP contribution in [0.3, 0.4) is 0 Å². The number of β-amino-alcohol motifs (C(OH)–C–C–N with tert-alkyl or cyclic N) is 1. The molecule has 0 bridgehead atoms. The number of aliphatic hydroxyl groups excluding tert-OH is 1. The first kappa shape index (κ1) is 9.63. The van der Waals surface area contributed by atoms with Gasteiger partial charge in [0.25, 0.3) is 0 Å². The maximum absolute atomic E-state index is 10.6. The van der Waals surface area contributed by atoms with Crippen LogP contribution in [0.4, 0.5) is 4.79 Å². The van der Waals surface area contributed by atoms with E-state index in [0.717, 1.165) is 4.90 Å². The van der Waals surface area contributed by atoms with Gasteiger partial charge in [0, 0.05) is 0 Å². The summed E-state index contributed by atoms with van der Waals surface area (Å²) in [4.78, 5) is 14.5. The van der Waals surface area contributed by atoms with Crippen LogP contribution in [-0.2, 0) is 0 Å². The summed E-state index contributed by atoms with van der Waals surface area (Å²) in [7, 11) is 0. The molecule has 0 aromatic carbocycles. The van der Waals surface area contributed by atoms with E-state index < -0.39 is 12.2 Å². The van der Waals surface area contributed by atoms with Gasteiger partial charge in [0.1, 0.15) is 17.2 Å².